The number of benzene rings is 2. The van der Waals surface area contributed by atoms with Crippen molar-refractivity contribution in [3.63, 3.8) is 0 Å². The molecule has 6 heteroatoms. The molecule has 0 spiro atoms. The molecule has 1 aromatic heterocycles. The Hall–Kier alpha value is -1.69. The van der Waals surface area contributed by atoms with Crippen LogP contribution in [-0.4, -0.2) is 18.9 Å². The molecule has 0 aliphatic carbocycles. The van der Waals surface area contributed by atoms with Crippen LogP contribution in [0.25, 0.3) is 10.2 Å². The summed E-state index contributed by atoms with van der Waals surface area (Å²) in [7, 11) is 1.52. The Balaban J connectivity index is 1.99. The number of hydrogen-bond donors (Lipinski definition) is 0. The minimum Gasteiger partial charge on any atom is -0.467 e. The average molecular weight is 338 g/mol. The number of methoxy groups -OCH3 is 1. The summed E-state index contributed by atoms with van der Waals surface area (Å²) >= 11 is 8.01. The molecular formula is C16H13ClFNO2S. The molecule has 0 aliphatic heterocycles. The van der Waals surface area contributed by atoms with Gasteiger partial charge in [0, 0.05) is 12.7 Å². The monoisotopic (exact) mass is 337 g/mol. The van der Waals surface area contributed by atoms with Gasteiger partial charge in [0.1, 0.15) is 22.0 Å². The number of rotatable bonds is 5. The van der Waals surface area contributed by atoms with E-state index >= 15 is 0 Å². The zero-order chi connectivity index (χ0) is 15.5. The number of hydrogen-bond acceptors (Lipinski definition) is 4. The second kappa shape index (κ2) is 6.60. The lowest BCUT2D eigenvalue weighted by Gasteiger charge is -2.13. The summed E-state index contributed by atoms with van der Waals surface area (Å²) in [6, 6.07) is 12.0. The molecule has 0 fully saturated rings. The standard InChI is InChI=1S/C16H13ClFNO2S/c1-20-9-21-13-7-6-10(18)8-11(13)15(17)16-19-12-4-2-3-5-14(12)22-16/h2-8,15H,9H2,1H3. The van der Waals surface area contributed by atoms with Crippen LogP contribution in [0.5, 0.6) is 5.75 Å². The van der Waals surface area contributed by atoms with Crippen molar-refractivity contribution in [2.24, 2.45) is 0 Å². The minimum absolute atomic E-state index is 0.0715. The predicted octanol–water partition coefficient (Wildman–Crippen LogP) is 4.75. The zero-order valence-corrected chi connectivity index (χ0v) is 13.3. The van der Waals surface area contributed by atoms with Crippen LogP contribution < -0.4 is 4.74 Å². The first kappa shape index (κ1) is 15.2. The molecule has 0 radical (unpaired) electrons. The van der Waals surface area contributed by atoms with E-state index in [2.05, 4.69) is 4.98 Å². The number of thiazole rings is 1. The summed E-state index contributed by atoms with van der Waals surface area (Å²) < 4.78 is 25.0. The molecule has 22 heavy (non-hydrogen) atoms. The molecule has 1 heterocycles. The first-order valence-electron chi connectivity index (χ1n) is 6.60. The molecule has 3 nitrogen and oxygen atoms in total. The van der Waals surface area contributed by atoms with E-state index in [4.69, 9.17) is 21.1 Å². The molecule has 1 atom stereocenters. The number of halogens is 2. The van der Waals surface area contributed by atoms with E-state index in [0.717, 1.165) is 10.2 Å². The Morgan fingerprint density at radius 3 is 2.86 bits per heavy atom. The van der Waals surface area contributed by atoms with Crippen molar-refractivity contribution < 1.29 is 13.9 Å². The second-order valence-corrected chi connectivity index (χ2v) is 6.11. The highest BCUT2D eigenvalue weighted by molar-refractivity contribution is 7.18. The van der Waals surface area contributed by atoms with E-state index in [0.29, 0.717) is 16.3 Å². The van der Waals surface area contributed by atoms with Crippen molar-refractivity contribution in [1.82, 2.24) is 4.98 Å². The SMILES string of the molecule is COCOc1ccc(F)cc1C(Cl)c1nc2ccccc2s1. The van der Waals surface area contributed by atoms with Gasteiger partial charge in [-0.1, -0.05) is 12.1 Å². The summed E-state index contributed by atoms with van der Waals surface area (Å²) in [6.07, 6.45) is 0. The Kier molecular flexibility index (Phi) is 4.57. The lowest BCUT2D eigenvalue weighted by Crippen LogP contribution is -2.04. The van der Waals surface area contributed by atoms with Crippen molar-refractivity contribution in [3.05, 3.63) is 58.9 Å². The fourth-order valence-corrected chi connectivity index (χ4v) is 3.42. The first-order chi connectivity index (χ1) is 10.7. The third kappa shape index (κ3) is 3.06. The van der Waals surface area contributed by atoms with Gasteiger partial charge in [0.25, 0.3) is 0 Å². The molecule has 0 N–H and O–H groups in total. The molecule has 0 bridgehead atoms. The fourth-order valence-electron chi connectivity index (χ4n) is 2.10. The second-order valence-electron chi connectivity index (χ2n) is 4.62. The van der Waals surface area contributed by atoms with Crippen LogP contribution in [-0.2, 0) is 4.74 Å². The number of fused-ring (bicyclic) bond motifs is 1. The Morgan fingerprint density at radius 1 is 1.27 bits per heavy atom. The van der Waals surface area contributed by atoms with Gasteiger partial charge in [-0.25, -0.2) is 9.37 Å². The van der Waals surface area contributed by atoms with Crippen LogP contribution >= 0.6 is 22.9 Å². The van der Waals surface area contributed by atoms with Gasteiger partial charge in [-0.15, -0.1) is 22.9 Å². The number of aromatic nitrogens is 1. The lowest BCUT2D eigenvalue weighted by molar-refractivity contribution is 0.0504. The third-order valence-corrected chi connectivity index (χ3v) is 4.78. The maximum atomic E-state index is 13.6. The van der Waals surface area contributed by atoms with Crippen molar-refractivity contribution in [2.75, 3.05) is 13.9 Å². The van der Waals surface area contributed by atoms with Gasteiger partial charge >= 0.3 is 0 Å². The highest BCUT2D eigenvalue weighted by Crippen LogP contribution is 2.38. The largest absolute Gasteiger partial charge is 0.467 e. The molecule has 1 unspecified atom stereocenters. The van der Waals surface area contributed by atoms with Crippen molar-refractivity contribution in [2.45, 2.75) is 5.38 Å². The van der Waals surface area contributed by atoms with E-state index in [1.807, 2.05) is 24.3 Å². The zero-order valence-electron chi connectivity index (χ0n) is 11.8. The molecule has 3 aromatic rings. The average Bonchev–Trinajstić information content (AvgIpc) is 2.97. The fraction of sp³-hybridized carbons (Fsp3) is 0.188. The molecular weight excluding hydrogens is 325 g/mol. The maximum absolute atomic E-state index is 13.6. The molecule has 0 amide bonds. The van der Waals surface area contributed by atoms with Crippen LogP contribution in [0.1, 0.15) is 15.9 Å². The summed E-state index contributed by atoms with van der Waals surface area (Å²) in [5.74, 6) is 0.119. The van der Waals surface area contributed by atoms with Crippen molar-refractivity contribution in [1.29, 1.82) is 0 Å². The molecule has 0 saturated heterocycles. The normalized spacial score (nSPS) is 12.5. The number of ether oxygens (including phenoxy) is 2. The summed E-state index contributed by atoms with van der Waals surface area (Å²) in [4.78, 5) is 4.52. The van der Waals surface area contributed by atoms with Gasteiger partial charge in [-0.3, -0.25) is 0 Å². The van der Waals surface area contributed by atoms with E-state index in [-0.39, 0.29) is 12.6 Å². The van der Waals surface area contributed by atoms with E-state index in [9.17, 15) is 4.39 Å². The Labute approximate surface area is 136 Å². The van der Waals surface area contributed by atoms with Crippen LogP contribution in [0.4, 0.5) is 4.39 Å². The van der Waals surface area contributed by atoms with E-state index < -0.39 is 5.38 Å². The van der Waals surface area contributed by atoms with Gasteiger partial charge < -0.3 is 9.47 Å². The minimum atomic E-state index is -0.583. The predicted molar refractivity (Wildman–Crippen MR) is 86.2 cm³/mol. The summed E-state index contributed by atoms with van der Waals surface area (Å²) in [5.41, 5.74) is 1.42. The lowest BCUT2D eigenvalue weighted by atomic mass is 10.1. The highest BCUT2D eigenvalue weighted by atomic mass is 35.5. The van der Waals surface area contributed by atoms with Crippen molar-refractivity contribution in [3.8, 4) is 5.75 Å². The number of alkyl halides is 1. The van der Waals surface area contributed by atoms with Gasteiger partial charge in [-0.05, 0) is 30.3 Å². The van der Waals surface area contributed by atoms with E-state index in [1.165, 1.54) is 30.6 Å². The van der Waals surface area contributed by atoms with E-state index in [1.54, 1.807) is 6.07 Å². The first-order valence-corrected chi connectivity index (χ1v) is 7.85. The van der Waals surface area contributed by atoms with Crippen LogP contribution in [0.2, 0.25) is 0 Å². The van der Waals surface area contributed by atoms with Gasteiger partial charge in [0.05, 0.1) is 10.2 Å². The quantitative estimate of drug-likeness (QED) is 0.497. The highest BCUT2D eigenvalue weighted by Gasteiger charge is 2.20. The Morgan fingerprint density at radius 2 is 2.09 bits per heavy atom. The molecule has 0 saturated carbocycles. The number of para-hydroxylation sites is 1. The molecule has 2 aromatic carbocycles. The Bertz CT molecular complexity index is 760. The topological polar surface area (TPSA) is 31.4 Å². The van der Waals surface area contributed by atoms with Crippen molar-refractivity contribution >= 4 is 33.2 Å². The maximum Gasteiger partial charge on any atom is 0.188 e. The van der Waals surface area contributed by atoms with Gasteiger partial charge in [-0.2, -0.15) is 0 Å². The number of nitrogens with zero attached hydrogens (tertiary/aromatic N) is 1. The third-order valence-electron chi connectivity index (χ3n) is 3.10. The molecule has 3 rings (SSSR count). The van der Waals surface area contributed by atoms with Gasteiger partial charge in [0.2, 0.25) is 0 Å². The molecule has 0 aliphatic rings. The smallest absolute Gasteiger partial charge is 0.188 e. The van der Waals surface area contributed by atoms with Crippen LogP contribution in [0.15, 0.2) is 42.5 Å². The van der Waals surface area contributed by atoms with Gasteiger partial charge in [0.15, 0.2) is 6.79 Å². The van der Waals surface area contributed by atoms with Crippen LogP contribution in [0, 0.1) is 5.82 Å². The summed E-state index contributed by atoms with van der Waals surface area (Å²) in [5, 5.41) is 0.121. The molecule has 114 valence electrons. The van der Waals surface area contributed by atoms with Crippen LogP contribution in [0.3, 0.4) is 0 Å². The summed E-state index contributed by atoms with van der Waals surface area (Å²) in [6.45, 7) is 0.0715.